The van der Waals surface area contributed by atoms with Gasteiger partial charge < -0.3 is 10.3 Å². The Morgan fingerprint density at radius 3 is 2.75 bits per heavy atom. The highest BCUT2D eigenvalue weighted by Gasteiger charge is 2.14. The summed E-state index contributed by atoms with van der Waals surface area (Å²) in [5.74, 6) is 0.189. The minimum atomic E-state index is -0.0260. The van der Waals surface area contributed by atoms with Crippen molar-refractivity contribution in [2.75, 3.05) is 5.73 Å². The minimum absolute atomic E-state index is 0.0260. The Morgan fingerprint density at radius 1 is 1.14 bits per heavy atom. The lowest BCUT2D eigenvalue weighted by atomic mass is 10.1. The number of anilines is 1. The van der Waals surface area contributed by atoms with E-state index in [-0.39, 0.29) is 17.5 Å². The van der Waals surface area contributed by atoms with Crippen molar-refractivity contribution in [1.82, 2.24) is 29.5 Å². The molecule has 4 aromatic rings. The van der Waals surface area contributed by atoms with Gasteiger partial charge in [-0.25, -0.2) is 14.6 Å². The number of nitrogens with two attached hydrogens (primary N) is 1. The fourth-order valence-electron chi connectivity index (χ4n) is 3.25. The lowest BCUT2D eigenvalue weighted by Gasteiger charge is -2.11. The summed E-state index contributed by atoms with van der Waals surface area (Å²) in [6.07, 6.45) is 3.57. The zero-order chi connectivity index (χ0) is 19.8. The number of fused-ring (bicyclic) bond motifs is 1. The number of para-hydroxylation sites is 1. The Labute approximate surface area is 161 Å². The molecule has 0 aliphatic rings. The summed E-state index contributed by atoms with van der Waals surface area (Å²) in [4.78, 5) is 21.3. The predicted octanol–water partition coefficient (Wildman–Crippen LogP) is 2.57. The van der Waals surface area contributed by atoms with Crippen molar-refractivity contribution in [3.05, 3.63) is 64.2 Å². The molecule has 0 aliphatic heterocycles. The van der Waals surface area contributed by atoms with Gasteiger partial charge in [-0.05, 0) is 32.4 Å². The smallest absolute Gasteiger partial charge is 0.255 e. The molecule has 0 atom stereocenters. The summed E-state index contributed by atoms with van der Waals surface area (Å²) in [6.45, 7) is 6.26. The van der Waals surface area contributed by atoms with Crippen LogP contribution in [0.5, 0.6) is 0 Å². The van der Waals surface area contributed by atoms with Gasteiger partial charge in [-0.3, -0.25) is 4.79 Å². The number of nitrogen functional groups attached to an aromatic ring is 1. The number of benzene rings is 1. The number of aromatic nitrogens is 6. The molecule has 3 aromatic heterocycles. The molecule has 0 saturated carbocycles. The maximum atomic E-state index is 12.6. The summed E-state index contributed by atoms with van der Waals surface area (Å²) >= 11 is 0. The van der Waals surface area contributed by atoms with Crippen LogP contribution >= 0.6 is 0 Å². The molecule has 0 amide bonds. The standard InChI is InChI=1S/C20H21N7O/c1-12(2)27-9-5-7-14(19(27)28)10-26-11-16(24-25-26)18-15-8-4-6-13(3)17(15)22-20(21)23-18/h4-9,11-12H,10H2,1-3H3,(H2,21,22,23). The van der Waals surface area contributed by atoms with Crippen molar-refractivity contribution in [1.29, 1.82) is 0 Å². The second kappa shape index (κ2) is 6.88. The maximum Gasteiger partial charge on any atom is 0.255 e. The van der Waals surface area contributed by atoms with Crippen LogP contribution in [0.1, 0.15) is 31.0 Å². The third-order valence-electron chi connectivity index (χ3n) is 4.67. The van der Waals surface area contributed by atoms with E-state index in [0.29, 0.717) is 23.5 Å². The van der Waals surface area contributed by atoms with E-state index in [2.05, 4.69) is 20.3 Å². The van der Waals surface area contributed by atoms with E-state index in [1.54, 1.807) is 21.6 Å². The van der Waals surface area contributed by atoms with E-state index < -0.39 is 0 Å². The van der Waals surface area contributed by atoms with E-state index in [0.717, 1.165) is 16.5 Å². The molecule has 1 aromatic carbocycles. The summed E-state index contributed by atoms with van der Waals surface area (Å²) < 4.78 is 3.34. The van der Waals surface area contributed by atoms with Crippen molar-refractivity contribution >= 4 is 16.9 Å². The van der Waals surface area contributed by atoms with Gasteiger partial charge in [0.05, 0.1) is 18.3 Å². The molecule has 0 radical (unpaired) electrons. The summed E-state index contributed by atoms with van der Waals surface area (Å²) in [5, 5.41) is 9.29. The average molecular weight is 375 g/mol. The molecule has 28 heavy (non-hydrogen) atoms. The van der Waals surface area contributed by atoms with E-state index >= 15 is 0 Å². The summed E-state index contributed by atoms with van der Waals surface area (Å²) in [7, 11) is 0. The fraction of sp³-hybridized carbons (Fsp3) is 0.250. The fourth-order valence-corrected chi connectivity index (χ4v) is 3.25. The molecule has 8 nitrogen and oxygen atoms in total. The van der Waals surface area contributed by atoms with Crippen molar-refractivity contribution in [2.45, 2.75) is 33.4 Å². The highest BCUT2D eigenvalue weighted by molar-refractivity contribution is 5.93. The number of rotatable bonds is 4. The monoisotopic (exact) mass is 375 g/mol. The van der Waals surface area contributed by atoms with E-state index in [4.69, 9.17) is 5.73 Å². The third-order valence-corrected chi connectivity index (χ3v) is 4.67. The Hall–Kier alpha value is -3.55. The largest absolute Gasteiger partial charge is 0.368 e. The van der Waals surface area contributed by atoms with Gasteiger partial charge in [-0.2, -0.15) is 0 Å². The van der Waals surface area contributed by atoms with Gasteiger partial charge >= 0.3 is 0 Å². The van der Waals surface area contributed by atoms with Gasteiger partial charge in [0.2, 0.25) is 5.95 Å². The molecular formula is C20H21N7O. The first-order valence-corrected chi connectivity index (χ1v) is 9.07. The van der Waals surface area contributed by atoms with E-state index in [1.807, 2.05) is 51.1 Å². The van der Waals surface area contributed by atoms with E-state index in [1.165, 1.54) is 0 Å². The first-order valence-electron chi connectivity index (χ1n) is 9.07. The molecule has 3 heterocycles. The second-order valence-corrected chi connectivity index (χ2v) is 7.04. The molecule has 0 saturated heterocycles. The van der Waals surface area contributed by atoms with Crippen molar-refractivity contribution in [3.63, 3.8) is 0 Å². The zero-order valence-corrected chi connectivity index (χ0v) is 16.0. The maximum absolute atomic E-state index is 12.6. The van der Waals surface area contributed by atoms with Crippen LogP contribution in [-0.2, 0) is 6.54 Å². The Morgan fingerprint density at radius 2 is 1.96 bits per heavy atom. The topological polar surface area (TPSA) is 105 Å². The van der Waals surface area contributed by atoms with Gasteiger partial charge in [0.15, 0.2) is 0 Å². The lowest BCUT2D eigenvalue weighted by Crippen LogP contribution is -2.25. The van der Waals surface area contributed by atoms with Crippen LogP contribution in [0.2, 0.25) is 0 Å². The number of pyridine rings is 1. The van der Waals surface area contributed by atoms with Gasteiger partial charge in [-0.1, -0.05) is 29.5 Å². The lowest BCUT2D eigenvalue weighted by molar-refractivity contribution is 0.563. The molecule has 0 fully saturated rings. The normalized spacial score (nSPS) is 11.4. The first kappa shape index (κ1) is 17.8. The van der Waals surface area contributed by atoms with Gasteiger partial charge in [0, 0.05) is 23.2 Å². The quantitative estimate of drug-likeness (QED) is 0.588. The van der Waals surface area contributed by atoms with Crippen LogP contribution < -0.4 is 11.3 Å². The highest BCUT2D eigenvalue weighted by Crippen LogP contribution is 2.26. The molecule has 2 N–H and O–H groups in total. The van der Waals surface area contributed by atoms with E-state index in [9.17, 15) is 4.79 Å². The van der Waals surface area contributed by atoms with Gasteiger partial charge in [0.25, 0.3) is 5.56 Å². The minimum Gasteiger partial charge on any atom is -0.368 e. The Bertz CT molecular complexity index is 1220. The van der Waals surface area contributed by atoms with Crippen LogP contribution in [0.25, 0.3) is 22.3 Å². The zero-order valence-electron chi connectivity index (χ0n) is 16.0. The molecule has 4 rings (SSSR count). The van der Waals surface area contributed by atoms with Crippen LogP contribution in [0, 0.1) is 6.92 Å². The summed E-state index contributed by atoms with van der Waals surface area (Å²) in [5.41, 5.74) is 9.55. The second-order valence-electron chi connectivity index (χ2n) is 7.04. The highest BCUT2D eigenvalue weighted by atomic mass is 16.1. The number of hydrogen-bond donors (Lipinski definition) is 1. The predicted molar refractivity (Wildman–Crippen MR) is 108 cm³/mol. The van der Waals surface area contributed by atoms with Crippen LogP contribution in [0.15, 0.2) is 47.5 Å². The Kier molecular flexibility index (Phi) is 4.38. The van der Waals surface area contributed by atoms with Crippen molar-refractivity contribution in [2.24, 2.45) is 0 Å². The molecule has 0 unspecified atom stereocenters. The van der Waals surface area contributed by atoms with Crippen molar-refractivity contribution < 1.29 is 0 Å². The number of nitrogens with zero attached hydrogens (tertiary/aromatic N) is 6. The first-order chi connectivity index (χ1) is 13.4. The molecule has 0 spiro atoms. The Balaban J connectivity index is 1.74. The molecular weight excluding hydrogens is 354 g/mol. The molecule has 0 bridgehead atoms. The summed E-state index contributed by atoms with van der Waals surface area (Å²) in [6, 6.07) is 9.64. The van der Waals surface area contributed by atoms with Crippen LogP contribution in [0.3, 0.4) is 0 Å². The third kappa shape index (κ3) is 3.13. The van der Waals surface area contributed by atoms with Crippen LogP contribution in [0.4, 0.5) is 5.95 Å². The average Bonchev–Trinajstić information content (AvgIpc) is 3.12. The SMILES string of the molecule is Cc1cccc2c(-c3cn(Cc4cccn(C(C)C)c4=O)nn3)nc(N)nc12. The number of hydrogen-bond acceptors (Lipinski definition) is 6. The molecule has 0 aliphatic carbocycles. The number of aryl methyl sites for hydroxylation is 1. The van der Waals surface area contributed by atoms with Gasteiger partial charge in [0.1, 0.15) is 11.4 Å². The van der Waals surface area contributed by atoms with Crippen LogP contribution in [-0.4, -0.2) is 29.5 Å². The molecule has 8 heteroatoms. The molecule has 142 valence electrons. The van der Waals surface area contributed by atoms with Gasteiger partial charge in [-0.15, -0.1) is 5.10 Å². The van der Waals surface area contributed by atoms with Crippen molar-refractivity contribution in [3.8, 4) is 11.4 Å².